The van der Waals surface area contributed by atoms with E-state index in [-0.39, 0.29) is 5.75 Å². The second-order valence-corrected chi connectivity index (χ2v) is 7.49. The van der Waals surface area contributed by atoms with Crippen molar-refractivity contribution in [1.82, 2.24) is 0 Å². The molecule has 0 aliphatic heterocycles. The van der Waals surface area contributed by atoms with Gasteiger partial charge in [0.1, 0.15) is 5.75 Å². The number of carboxylic acid groups (broad SMARTS) is 1. The number of aryl methyl sites for hydroxylation is 1. The maximum absolute atomic E-state index is 11.2. The fourth-order valence-corrected chi connectivity index (χ4v) is 3.51. The normalized spacial score (nSPS) is 11.0. The van der Waals surface area contributed by atoms with Gasteiger partial charge in [-0.3, -0.25) is 0 Å². The predicted octanol–water partition coefficient (Wildman–Crippen LogP) is 7.11. The van der Waals surface area contributed by atoms with Crippen LogP contribution in [-0.2, 0) is 6.42 Å². The van der Waals surface area contributed by atoms with Gasteiger partial charge in [-0.25, -0.2) is 4.79 Å². The molecular weight excluding hydrogens is 324 g/mol. The molecule has 26 heavy (non-hydrogen) atoms. The van der Waals surface area contributed by atoms with E-state index < -0.39 is 5.97 Å². The number of carboxylic acids is 1. The van der Waals surface area contributed by atoms with Crippen LogP contribution in [0.2, 0.25) is 0 Å². The molecule has 0 atom stereocenters. The smallest absolute Gasteiger partial charge is 0.335 e. The number of benzene rings is 1. The predicted molar refractivity (Wildman–Crippen MR) is 109 cm³/mol. The Morgan fingerprint density at radius 1 is 0.769 bits per heavy atom. The van der Waals surface area contributed by atoms with Crippen molar-refractivity contribution in [2.24, 2.45) is 0 Å². The van der Waals surface area contributed by atoms with E-state index in [9.17, 15) is 15.0 Å². The molecule has 0 radical (unpaired) electrons. The molecule has 1 aromatic rings. The van der Waals surface area contributed by atoms with E-state index in [0.717, 1.165) is 24.8 Å². The number of rotatable bonds is 16. The van der Waals surface area contributed by atoms with E-state index >= 15 is 0 Å². The summed E-state index contributed by atoms with van der Waals surface area (Å²) in [5.74, 6) is -0.763. The molecule has 1 rings (SSSR count). The Balaban J connectivity index is 1.97. The number of phenolic OH excluding ortho intramolecular Hbond substituents is 1. The molecule has 0 unspecified atom stereocenters. The Hall–Kier alpha value is -1.51. The second kappa shape index (κ2) is 14.6. The van der Waals surface area contributed by atoms with E-state index in [1.165, 1.54) is 89.2 Å². The summed E-state index contributed by atoms with van der Waals surface area (Å²) in [5.41, 5.74) is 1.06. The molecule has 0 saturated carbocycles. The fraction of sp³-hybridized carbons (Fsp3) is 0.696. The van der Waals surface area contributed by atoms with Crippen LogP contribution in [-0.4, -0.2) is 16.2 Å². The summed E-state index contributed by atoms with van der Waals surface area (Å²) in [5, 5.41) is 18.7. The number of carbonyl (C=O) groups is 1. The molecule has 0 aliphatic carbocycles. The molecule has 0 amide bonds. The zero-order valence-corrected chi connectivity index (χ0v) is 16.6. The minimum absolute atomic E-state index is 0.148. The molecule has 0 fully saturated rings. The van der Waals surface area contributed by atoms with Crippen molar-refractivity contribution < 1.29 is 15.0 Å². The molecule has 3 heteroatoms. The second-order valence-electron chi connectivity index (χ2n) is 7.49. The number of hydrogen-bond acceptors (Lipinski definition) is 2. The van der Waals surface area contributed by atoms with Gasteiger partial charge in [-0.15, -0.1) is 0 Å². The Kier molecular flexibility index (Phi) is 12.7. The standard InChI is InChI=1S/C23H38O3/c1-2-3-4-5-6-7-8-9-10-11-12-13-14-15-16-20-19-21(24)17-18-22(20)23(25)26/h17-19,24H,2-16H2,1H3,(H,25,26). The Bertz CT molecular complexity index is 496. The van der Waals surface area contributed by atoms with Crippen molar-refractivity contribution >= 4 is 5.97 Å². The van der Waals surface area contributed by atoms with Crippen LogP contribution < -0.4 is 0 Å². The van der Waals surface area contributed by atoms with Crippen molar-refractivity contribution in [2.75, 3.05) is 0 Å². The van der Waals surface area contributed by atoms with Crippen LogP contribution in [0.3, 0.4) is 0 Å². The third-order valence-corrected chi connectivity index (χ3v) is 5.12. The minimum atomic E-state index is -0.912. The van der Waals surface area contributed by atoms with Gasteiger partial charge in [-0.05, 0) is 36.6 Å². The molecule has 148 valence electrons. The summed E-state index contributed by atoms with van der Waals surface area (Å²) in [4.78, 5) is 11.2. The van der Waals surface area contributed by atoms with Crippen LogP contribution in [0.5, 0.6) is 5.75 Å². The van der Waals surface area contributed by atoms with Crippen molar-refractivity contribution in [1.29, 1.82) is 0 Å². The highest BCUT2D eigenvalue weighted by Crippen LogP contribution is 2.20. The molecule has 0 saturated heterocycles. The monoisotopic (exact) mass is 362 g/mol. The van der Waals surface area contributed by atoms with Crippen LogP contribution in [0.25, 0.3) is 0 Å². The summed E-state index contributed by atoms with van der Waals surface area (Å²) >= 11 is 0. The lowest BCUT2D eigenvalue weighted by Crippen LogP contribution is -2.02. The first-order chi connectivity index (χ1) is 12.6. The summed E-state index contributed by atoms with van der Waals surface area (Å²) in [6, 6.07) is 4.53. The molecule has 0 aliphatic rings. The maximum atomic E-state index is 11.2. The van der Waals surface area contributed by atoms with Gasteiger partial charge in [0.05, 0.1) is 5.56 Å². The number of aromatic carboxylic acids is 1. The van der Waals surface area contributed by atoms with Crippen molar-refractivity contribution in [2.45, 2.75) is 103 Å². The summed E-state index contributed by atoms with van der Waals surface area (Å²) in [6.45, 7) is 2.26. The van der Waals surface area contributed by atoms with E-state index in [1.807, 2.05) is 0 Å². The Labute approximate surface area is 159 Å². The first kappa shape index (κ1) is 22.5. The average molecular weight is 363 g/mol. The number of unbranched alkanes of at least 4 members (excludes halogenated alkanes) is 13. The first-order valence-electron chi connectivity index (χ1n) is 10.7. The fourth-order valence-electron chi connectivity index (χ4n) is 3.51. The lowest BCUT2D eigenvalue weighted by atomic mass is 9.99. The SMILES string of the molecule is CCCCCCCCCCCCCCCCc1cc(O)ccc1C(=O)O. The van der Waals surface area contributed by atoms with Crippen molar-refractivity contribution in [3.05, 3.63) is 29.3 Å². The largest absolute Gasteiger partial charge is 0.508 e. The maximum Gasteiger partial charge on any atom is 0.335 e. The average Bonchev–Trinajstić information content (AvgIpc) is 2.61. The van der Waals surface area contributed by atoms with E-state index in [0.29, 0.717) is 5.56 Å². The summed E-state index contributed by atoms with van der Waals surface area (Å²) < 4.78 is 0. The van der Waals surface area contributed by atoms with Gasteiger partial charge in [0.25, 0.3) is 0 Å². The lowest BCUT2D eigenvalue weighted by Gasteiger charge is -2.07. The topological polar surface area (TPSA) is 57.5 Å². The van der Waals surface area contributed by atoms with Gasteiger partial charge in [0, 0.05) is 0 Å². The summed E-state index contributed by atoms with van der Waals surface area (Å²) in [6.07, 6.45) is 19.1. The van der Waals surface area contributed by atoms with E-state index in [1.54, 1.807) is 6.07 Å². The van der Waals surface area contributed by atoms with Crippen LogP contribution in [0.4, 0.5) is 0 Å². The van der Waals surface area contributed by atoms with Crippen molar-refractivity contribution in [3.63, 3.8) is 0 Å². The quantitative estimate of drug-likeness (QED) is 0.308. The minimum Gasteiger partial charge on any atom is -0.508 e. The Morgan fingerprint density at radius 3 is 1.69 bits per heavy atom. The summed E-state index contributed by atoms with van der Waals surface area (Å²) in [7, 11) is 0. The molecule has 2 N–H and O–H groups in total. The highest BCUT2D eigenvalue weighted by Gasteiger charge is 2.10. The molecule has 0 aromatic heterocycles. The third kappa shape index (κ3) is 10.5. The molecule has 3 nitrogen and oxygen atoms in total. The van der Waals surface area contributed by atoms with Gasteiger partial charge in [0.15, 0.2) is 0 Å². The molecule has 0 spiro atoms. The van der Waals surface area contributed by atoms with E-state index in [4.69, 9.17) is 0 Å². The molecule has 0 heterocycles. The van der Waals surface area contributed by atoms with Gasteiger partial charge >= 0.3 is 5.97 Å². The highest BCUT2D eigenvalue weighted by molar-refractivity contribution is 5.89. The number of phenols is 1. The van der Waals surface area contributed by atoms with Gasteiger partial charge < -0.3 is 10.2 Å². The first-order valence-corrected chi connectivity index (χ1v) is 10.7. The van der Waals surface area contributed by atoms with Crippen LogP contribution in [0.15, 0.2) is 18.2 Å². The number of hydrogen-bond donors (Lipinski definition) is 2. The zero-order chi connectivity index (χ0) is 19.0. The third-order valence-electron chi connectivity index (χ3n) is 5.12. The van der Waals surface area contributed by atoms with Crippen LogP contribution in [0, 0.1) is 0 Å². The lowest BCUT2D eigenvalue weighted by molar-refractivity contribution is 0.0695. The van der Waals surface area contributed by atoms with Crippen LogP contribution in [0.1, 0.15) is 113 Å². The Morgan fingerprint density at radius 2 is 1.23 bits per heavy atom. The van der Waals surface area contributed by atoms with Gasteiger partial charge in [-0.2, -0.15) is 0 Å². The molecule has 1 aromatic carbocycles. The highest BCUT2D eigenvalue weighted by atomic mass is 16.4. The van der Waals surface area contributed by atoms with Gasteiger partial charge in [-0.1, -0.05) is 90.4 Å². The number of aromatic hydroxyl groups is 1. The van der Waals surface area contributed by atoms with E-state index in [2.05, 4.69) is 6.92 Å². The van der Waals surface area contributed by atoms with Crippen LogP contribution >= 0.6 is 0 Å². The molecular formula is C23H38O3. The van der Waals surface area contributed by atoms with Gasteiger partial charge in [0.2, 0.25) is 0 Å². The van der Waals surface area contributed by atoms with Crippen molar-refractivity contribution in [3.8, 4) is 5.75 Å². The zero-order valence-electron chi connectivity index (χ0n) is 16.6. The molecule has 0 bridgehead atoms.